The first kappa shape index (κ1) is 56.5. The van der Waals surface area contributed by atoms with E-state index in [2.05, 4.69) is 341 Å². The summed E-state index contributed by atoms with van der Waals surface area (Å²) in [6.07, 6.45) is 0. The van der Waals surface area contributed by atoms with Gasteiger partial charge in [-0.2, -0.15) is 0 Å². The summed E-state index contributed by atoms with van der Waals surface area (Å²) in [5, 5.41) is 4.58. The Labute approximate surface area is 543 Å². The van der Waals surface area contributed by atoms with Crippen LogP contribution in [0.4, 0.5) is 34.1 Å². The zero-order chi connectivity index (χ0) is 62.6. The number of para-hydroxylation sites is 2. The largest absolute Gasteiger partial charge is 0.456 e. The maximum atomic E-state index is 6.09. The summed E-state index contributed by atoms with van der Waals surface area (Å²) in [7, 11) is 0. The van der Waals surface area contributed by atoms with Gasteiger partial charge < -0.3 is 18.6 Å². The summed E-state index contributed by atoms with van der Waals surface area (Å²) < 4.78 is 12.1. The van der Waals surface area contributed by atoms with Crippen molar-refractivity contribution in [1.29, 1.82) is 0 Å². The van der Waals surface area contributed by atoms with Crippen LogP contribution >= 0.6 is 0 Å². The molecule has 14 aromatic carbocycles. The average Bonchev–Trinajstić information content (AvgIpc) is 1.60. The molecule has 93 heavy (non-hydrogen) atoms. The summed E-state index contributed by atoms with van der Waals surface area (Å²) >= 11 is 0. The van der Waals surface area contributed by atoms with Crippen molar-refractivity contribution in [1.82, 2.24) is 0 Å². The lowest BCUT2D eigenvalue weighted by molar-refractivity contribution is 0.660. The number of aryl methyl sites for hydroxylation is 2. The third kappa shape index (κ3) is 10.7. The maximum Gasteiger partial charge on any atom is 0.135 e. The standard InChI is InChI=1S/C49H35NO.C40H31NO/c1-34-11-13-36(14-12-34)39-19-26-43(27-20-39)50(44-28-21-40(22-29-44)38-17-15-37(16-18-38)35-7-3-2-4-8-35)45-30-23-41(24-31-45)42-25-32-49-47(33-42)46-9-5-6-10-48(46)51-49;1-26-12-17-29(18-13-26)41(31-21-22-33-32-8-4-6-10-36(32)40(2,3)37(33)25-31)30-19-14-27(15-20-30)28-16-23-39-35(24-28)34-9-5-7-11-38(34)42-39/h2-33H,1H3;4-25H,1-3H3. The number of benzene rings is 14. The molecule has 1 aliphatic carbocycles. The van der Waals surface area contributed by atoms with Crippen LogP contribution in [0.5, 0.6) is 0 Å². The van der Waals surface area contributed by atoms with E-state index in [4.69, 9.17) is 8.83 Å². The van der Waals surface area contributed by atoms with Gasteiger partial charge in [0.2, 0.25) is 0 Å². The highest BCUT2D eigenvalue weighted by Gasteiger charge is 2.36. The topological polar surface area (TPSA) is 32.8 Å². The number of hydrogen-bond donors (Lipinski definition) is 0. The van der Waals surface area contributed by atoms with E-state index in [9.17, 15) is 0 Å². The van der Waals surface area contributed by atoms with E-state index < -0.39 is 0 Å². The molecule has 0 bridgehead atoms. The maximum absolute atomic E-state index is 6.09. The van der Waals surface area contributed by atoms with Crippen molar-refractivity contribution in [2.24, 2.45) is 0 Å². The Balaban J connectivity index is 0.000000150. The second-order valence-corrected chi connectivity index (χ2v) is 25.0. The monoisotopic (exact) mass is 1190 g/mol. The van der Waals surface area contributed by atoms with Crippen molar-refractivity contribution in [3.63, 3.8) is 0 Å². The molecule has 4 heteroatoms. The molecule has 4 nitrogen and oxygen atoms in total. The van der Waals surface area contributed by atoms with Gasteiger partial charge in [-0.15, -0.1) is 0 Å². The first-order valence-corrected chi connectivity index (χ1v) is 32.0. The van der Waals surface area contributed by atoms with Gasteiger partial charge in [0, 0.05) is 61.1 Å². The van der Waals surface area contributed by atoms with Gasteiger partial charge >= 0.3 is 0 Å². The predicted octanol–water partition coefficient (Wildman–Crippen LogP) is 25.4. The van der Waals surface area contributed by atoms with Crippen LogP contribution in [0.1, 0.15) is 36.1 Å². The molecule has 0 amide bonds. The highest BCUT2D eigenvalue weighted by molar-refractivity contribution is 6.07. The zero-order valence-electron chi connectivity index (χ0n) is 52.4. The molecule has 0 unspecified atom stereocenters. The van der Waals surface area contributed by atoms with Gasteiger partial charge in [-0.3, -0.25) is 0 Å². The fourth-order valence-electron chi connectivity index (χ4n) is 13.7. The molecule has 1 aliphatic rings. The number of rotatable bonds is 11. The molecule has 0 saturated carbocycles. The quantitative estimate of drug-likeness (QED) is 0.129. The Morgan fingerprint density at radius 3 is 0.989 bits per heavy atom. The van der Waals surface area contributed by atoms with E-state index in [0.29, 0.717) is 0 Å². The highest BCUT2D eigenvalue weighted by Crippen LogP contribution is 2.51. The highest BCUT2D eigenvalue weighted by atomic mass is 16.3. The van der Waals surface area contributed by atoms with E-state index in [1.807, 2.05) is 24.3 Å². The second kappa shape index (κ2) is 23.6. The Morgan fingerprint density at radius 1 is 0.226 bits per heavy atom. The first-order chi connectivity index (χ1) is 45.6. The lowest BCUT2D eigenvalue weighted by atomic mass is 9.82. The van der Waals surface area contributed by atoms with Crippen LogP contribution in [0.3, 0.4) is 0 Å². The van der Waals surface area contributed by atoms with Crippen LogP contribution in [-0.2, 0) is 5.41 Å². The van der Waals surface area contributed by atoms with E-state index in [0.717, 1.165) is 89.1 Å². The average molecular weight is 1200 g/mol. The van der Waals surface area contributed by atoms with Crippen LogP contribution in [0.15, 0.2) is 336 Å². The lowest BCUT2D eigenvalue weighted by Gasteiger charge is -2.28. The van der Waals surface area contributed by atoms with Crippen LogP contribution < -0.4 is 9.80 Å². The number of anilines is 6. The van der Waals surface area contributed by atoms with Gasteiger partial charge in [0.1, 0.15) is 22.3 Å². The van der Waals surface area contributed by atoms with Gasteiger partial charge in [-0.05, 0) is 201 Å². The third-order valence-corrected chi connectivity index (χ3v) is 18.7. The fourth-order valence-corrected chi connectivity index (χ4v) is 13.7. The molecule has 0 atom stereocenters. The normalized spacial score (nSPS) is 12.2. The molecule has 0 N–H and O–H groups in total. The summed E-state index contributed by atoms with van der Waals surface area (Å²) in [6.45, 7) is 8.94. The zero-order valence-corrected chi connectivity index (χ0v) is 52.4. The third-order valence-electron chi connectivity index (χ3n) is 18.7. The molecular formula is C89H66N2O2. The van der Waals surface area contributed by atoms with Crippen molar-refractivity contribution in [2.45, 2.75) is 33.1 Å². The molecule has 0 radical (unpaired) electrons. The minimum atomic E-state index is -0.0549. The summed E-state index contributed by atoms with van der Waals surface area (Å²) in [4.78, 5) is 4.70. The van der Waals surface area contributed by atoms with Gasteiger partial charge in [-0.25, -0.2) is 0 Å². The summed E-state index contributed by atoms with van der Waals surface area (Å²) in [5.41, 5.74) is 30.2. The van der Waals surface area contributed by atoms with Crippen LogP contribution in [0.2, 0.25) is 0 Å². The van der Waals surface area contributed by atoms with Gasteiger partial charge in [-0.1, -0.05) is 243 Å². The van der Waals surface area contributed by atoms with E-state index in [1.54, 1.807) is 0 Å². The number of hydrogen-bond acceptors (Lipinski definition) is 4. The first-order valence-electron chi connectivity index (χ1n) is 32.0. The lowest BCUT2D eigenvalue weighted by Crippen LogP contribution is -2.16. The molecule has 2 aromatic heterocycles. The second-order valence-electron chi connectivity index (χ2n) is 25.0. The molecule has 0 saturated heterocycles. The molecule has 0 spiro atoms. The molecular weight excluding hydrogens is 1130 g/mol. The molecule has 2 heterocycles. The van der Waals surface area contributed by atoms with Crippen LogP contribution in [0.25, 0.3) is 111 Å². The van der Waals surface area contributed by atoms with E-state index in [-0.39, 0.29) is 5.41 Å². The van der Waals surface area contributed by atoms with Crippen molar-refractivity contribution in [3.05, 3.63) is 350 Å². The van der Waals surface area contributed by atoms with E-state index >= 15 is 0 Å². The van der Waals surface area contributed by atoms with Crippen molar-refractivity contribution >= 4 is 78.0 Å². The van der Waals surface area contributed by atoms with Crippen LogP contribution in [-0.4, -0.2) is 0 Å². The van der Waals surface area contributed by atoms with Gasteiger partial charge in [0.25, 0.3) is 0 Å². The van der Waals surface area contributed by atoms with Gasteiger partial charge in [0.05, 0.1) is 0 Å². The Kier molecular flexibility index (Phi) is 14.3. The van der Waals surface area contributed by atoms with Crippen molar-refractivity contribution in [2.75, 3.05) is 9.80 Å². The molecule has 0 aliphatic heterocycles. The van der Waals surface area contributed by atoms with Gasteiger partial charge in [0.15, 0.2) is 0 Å². The minimum absolute atomic E-state index is 0.0549. The summed E-state index contributed by atoms with van der Waals surface area (Å²) in [5.74, 6) is 0. The molecule has 16 aromatic rings. The van der Waals surface area contributed by atoms with E-state index in [1.165, 1.54) is 77.9 Å². The SMILES string of the molecule is Cc1ccc(-c2ccc(N(c3ccc(-c4ccc(-c5ccccc5)cc4)cc3)c3ccc(-c4ccc5oc6ccccc6c5c4)cc3)cc2)cc1.Cc1ccc(N(c2ccc(-c3ccc4oc5ccccc5c4c3)cc2)c2ccc3c(c2)C(C)(C)c2ccccc2-3)cc1. The fraction of sp³-hybridized carbons (Fsp3) is 0.0562. The van der Waals surface area contributed by atoms with Crippen molar-refractivity contribution in [3.8, 4) is 66.8 Å². The minimum Gasteiger partial charge on any atom is -0.456 e. The Morgan fingerprint density at radius 2 is 0.527 bits per heavy atom. The van der Waals surface area contributed by atoms with Crippen LogP contribution in [0, 0.1) is 13.8 Å². The molecule has 444 valence electrons. The number of fused-ring (bicyclic) bond motifs is 9. The Hall–Kier alpha value is -11.7. The van der Waals surface area contributed by atoms with Crippen molar-refractivity contribution < 1.29 is 8.83 Å². The molecule has 0 fully saturated rings. The Bertz CT molecular complexity index is 5370. The summed E-state index contributed by atoms with van der Waals surface area (Å²) in [6, 6.07) is 118. The number of nitrogens with zero attached hydrogens (tertiary/aromatic N) is 2. The molecule has 17 rings (SSSR count). The predicted molar refractivity (Wildman–Crippen MR) is 391 cm³/mol. The smallest absolute Gasteiger partial charge is 0.135 e. The number of furan rings is 2.